The Bertz CT molecular complexity index is 784. The molecule has 126 valence electrons. The summed E-state index contributed by atoms with van der Waals surface area (Å²) >= 11 is 0. The van der Waals surface area contributed by atoms with Crippen molar-refractivity contribution in [2.75, 3.05) is 11.9 Å². The molecule has 0 fully saturated rings. The van der Waals surface area contributed by atoms with Gasteiger partial charge in [0.15, 0.2) is 18.1 Å². The first kappa shape index (κ1) is 16.3. The number of benzene rings is 1. The Morgan fingerprint density at radius 1 is 1.29 bits per heavy atom. The number of aromatic nitrogens is 1. The number of carbonyl (C=O) groups is 1. The number of para-hydroxylation sites is 1. The summed E-state index contributed by atoms with van der Waals surface area (Å²) in [6, 6.07) is 9.48. The first-order chi connectivity index (χ1) is 11.3. The minimum atomic E-state index is -0.249. The fourth-order valence-electron chi connectivity index (χ4n) is 2.72. The Kier molecular flexibility index (Phi) is 4.18. The second-order valence-electron chi connectivity index (χ2n) is 6.72. The Morgan fingerprint density at radius 3 is 2.83 bits per heavy atom. The summed E-state index contributed by atoms with van der Waals surface area (Å²) in [6.45, 7) is 7.88. The average molecular weight is 326 g/mol. The van der Waals surface area contributed by atoms with Crippen molar-refractivity contribution >= 4 is 11.7 Å². The molecule has 1 aliphatic heterocycles. The lowest BCUT2D eigenvalue weighted by Gasteiger charge is -2.18. The third-order valence-electron chi connectivity index (χ3n) is 4.03. The first-order valence-electron chi connectivity index (χ1n) is 8.02. The zero-order chi connectivity index (χ0) is 17.3. The van der Waals surface area contributed by atoms with Crippen LogP contribution in [0.25, 0.3) is 0 Å². The van der Waals surface area contributed by atoms with Crippen molar-refractivity contribution in [3.05, 3.63) is 47.2 Å². The van der Waals surface area contributed by atoms with Crippen molar-refractivity contribution in [1.29, 1.82) is 0 Å². The zero-order valence-corrected chi connectivity index (χ0v) is 14.5. The number of pyridine rings is 1. The summed E-state index contributed by atoms with van der Waals surface area (Å²) in [5.74, 6) is 1.61. The molecular weight excluding hydrogens is 304 g/mol. The van der Waals surface area contributed by atoms with Gasteiger partial charge in [-0.05, 0) is 45.4 Å². The van der Waals surface area contributed by atoms with E-state index in [0.29, 0.717) is 11.6 Å². The first-order valence-corrected chi connectivity index (χ1v) is 8.02. The van der Waals surface area contributed by atoms with Crippen molar-refractivity contribution < 1.29 is 14.3 Å². The van der Waals surface area contributed by atoms with Gasteiger partial charge >= 0.3 is 0 Å². The lowest BCUT2D eigenvalue weighted by atomic mass is 10.0. The minimum absolute atomic E-state index is 0.0884. The molecule has 5 heteroatoms. The molecule has 1 amide bonds. The number of amides is 1. The topological polar surface area (TPSA) is 60.5 Å². The lowest BCUT2D eigenvalue weighted by Crippen LogP contribution is -2.25. The maximum atomic E-state index is 12.1. The van der Waals surface area contributed by atoms with Gasteiger partial charge in [0.25, 0.3) is 5.91 Å². The van der Waals surface area contributed by atoms with Gasteiger partial charge in [-0.1, -0.05) is 18.2 Å². The third kappa shape index (κ3) is 3.50. The summed E-state index contributed by atoms with van der Waals surface area (Å²) in [6.07, 6.45) is 0.832. The second kappa shape index (κ2) is 6.15. The molecule has 0 saturated carbocycles. The maximum Gasteiger partial charge on any atom is 0.263 e. The Balaban J connectivity index is 1.63. The van der Waals surface area contributed by atoms with Crippen molar-refractivity contribution in [3.63, 3.8) is 0 Å². The van der Waals surface area contributed by atoms with Crippen LogP contribution in [0.15, 0.2) is 30.3 Å². The Hall–Kier alpha value is -2.56. The molecule has 0 saturated heterocycles. The van der Waals surface area contributed by atoms with Gasteiger partial charge in [0.05, 0.1) is 0 Å². The highest BCUT2D eigenvalue weighted by Gasteiger charge is 2.32. The van der Waals surface area contributed by atoms with Crippen molar-refractivity contribution in [1.82, 2.24) is 4.98 Å². The SMILES string of the molecule is Cc1ccc(NC(=O)COc2cccc3c2OC(C)(C)C3)nc1C. The molecule has 1 N–H and O–H groups in total. The van der Waals surface area contributed by atoms with Gasteiger partial charge < -0.3 is 14.8 Å². The van der Waals surface area contributed by atoms with Crippen LogP contribution in [-0.4, -0.2) is 23.1 Å². The molecule has 2 heterocycles. The number of hydrogen-bond donors (Lipinski definition) is 1. The molecule has 24 heavy (non-hydrogen) atoms. The predicted octanol–water partition coefficient (Wildman–Crippen LogP) is 3.43. The van der Waals surface area contributed by atoms with Crippen molar-refractivity contribution in [2.45, 2.75) is 39.7 Å². The molecule has 1 aromatic carbocycles. The molecule has 0 spiro atoms. The standard InChI is InChI=1S/C19H22N2O3/c1-12-8-9-16(20-13(12)2)21-17(22)11-23-15-7-5-6-14-10-19(3,4)24-18(14)15/h5-9H,10-11H2,1-4H3,(H,20,21,22). The number of anilines is 1. The fraction of sp³-hybridized carbons (Fsp3) is 0.368. The predicted molar refractivity (Wildman–Crippen MR) is 92.7 cm³/mol. The number of carbonyl (C=O) groups excluding carboxylic acids is 1. The molecule has 0 radical (unpaired) electrons. The Morgan fingerprint density at radius 2 is 2.08 bits per heavy atom. The number of fused-ring (bicyclic) bond motifs is 1. The van der Waals surface area contributed by atoms with E-state index in [9.17, 15) is 4.79 Å². The molecule has 0 atom stereocenters. The summed E-state index contributed by atoms with van der Waals surface area (Å²) in [4.78, 5) is 16.4. The lowest BCUT2D eigenvalue weighted by molar-refractivity contribution is -0.118. The summed E-state index contributed by atoms with van der Waals surface area (Å²) < 4.78 is 11.6. The van der Waals surface area contributed by atoms with E-state index in [2.05, 4.69) is 10.3 Å². The van der Waals surface area contributed by atoms with E-state index < -0.39 is 0 Å². The average Bonchev–Trinajstić information content (AvgIpc) is 2.83. The quantitative estimate of drug-likeness (QED) is 0.935. The van der Waals surface area contributed by atoms with Gasteiger partial charge in [0.1, 0.15) is 11.4 Å². The Labute approximate surface area is 142 Å². The molecule has 0 unspecified atom stereocenters. The summed E-state index contributed by atoms with van der Waals surface area (Å²) in [7, 11) is 0. The van der Waals surface area contributed by atoms with Crippen LogP contribution < -0.4 is 14.8 Å². The number of rotatable bonds is 4. The molecule has 1 aliphatic rings. The number of nitrogens with one attached hydrogen (secondary N) is 1. The van der Waals surface area contributed by atoms with Crippen LogP contribution in [0.4, 0.5) is 5.82 Å². The number of hydrogen-bond acceptors (Lipinski definition) is 4. The maximum absolute atomic E-state index is 12.1. The summed E-state index contributed by atoms with van der Waals surface area (Å²) in [5.41, 5.74) is 2.84. The van der Waals surface area contributed by atoms with Crippen molar-refractivity contribution in [2.24, 2.45) is 0 Å². The number of nitrogens with zero attached hydrogens (tertiary/aromatic N) is 1. The normalized spacial score (nSPS) is 14.7. The summed E-state index contributed by atoms with van der Waals surface area (Å²) in [5, 5.41) is 2.75. The van der Waals surface area contributed by atoms with Crippen molar-refractivity contribution in [3.8, 4) is 11.5 Å². The molecule has 0 aliphatic carbocycles. The van der Waals surface area contributed by atoms with Gasteiger partial charge in [-0.2, -0.15) is 0 Å². The van der Waals surface area contributed by atoms with Crippen LogP contribution in [0.1, 0.15) is 30.7 Å². The van der Waals surface area contributed by atoms with E-state index in [4.69, 9.17) is 9.47 Å². The van der Waals surface area contributed by atoms with E-state index in [1.165, 1.54) is 0 Å². The fourth-order valence-corrected chi connectivity index (χ4v) is 2.72. The highest BCUT2D eigenvalue weighted by atomic mass is 16.5. The molecular formula is C19H22N2O3. The van der Waals surface area contributed by atoms with Crippen LogP contribution in [0.3, 0.4) is 0 Å². The minimum Gasteiger partial charge on any atom is -0.483 e. The molecule has 3 rings (SSSR count). The van der Waals surface area contributed by atoms with Gasteiger partial charge in [-0.15, -0.1) is 0 Å². The van der Waals surface area contributed by atoms with E-state index in [0.717, 1.165) is 29.0 Å². The van der Waals surface area contributed by atoms with E-state index in [1.807, 2.05) is 52.0 Å². The van der Waals surface area contributed by atoms with Crippen LogP contribution in [0.5, 0.6) is 11.5 Å². The van der Waals surface area contributed by atoms with Crippen LogP contribution >= 0.6 is 0 Å². The zero-order valence-electron chi connectivity index (χ0n) is 14.5. The largest absolute Gasteiger partial charge is 0.483 e. The second-order valence-corrected chi connectivity index (χ2v) is 6.72. The smallest absolute Gasteiger partial charge is 0.263 e. The molecule has 2 aromatic rings. The van der Waals surface area contributed by atoms with Gasteiger partial charge in [0, 0.05) is 17.7 Å². The molecule has 0 bridgehead atoms. The van der Waals surface area contributed by atoms with Gasteiger partial charge in [0.2, 0.25) is 0 Å². The monoisotopic (exact) mass is 326 g/mol. The van der Waals surface area contributed by atoms with E-state index >= 15 is 0 Å². The van der Waals surface area contributed by atoms with Gasteiger partial charge in [-0.25, -0.2) is 4.98 Å². The third-order valence-corrected chi connectivity index (χ3v) is 4.03. The van der Waals surface area contributed by atoms with E-state index in [1.54, 1.807) is 6.07 Å². The highest BCUT2D eigenvalue weighted by Crippen LogP contribution is 2.41. The van der Waals surface area contributed by atoms with Gasteiger partial charge in [-0.3, -0.25) is 4.79 Å². The van der Waals surface area contributed by atoms with Crippen LogP contribution in [-0.2, 0) is 11.2 Å². The van der Waals surface area contributed by atoms with Crippen LogP contribution in [0.2, 0.25) is 0 Å². The number of aryl methyl sites for hydroxylation is 2. The highest BCUT2D eigenvalue weighted by molar-refractivity contribution is 5.91. The van der Waals surface area contributed by atoms with Crippen LogP contribution in [0, 0.1) is 13.8 Å². The molecule has 1 aromatic heterocycles. The molecule has 5 nitrogen and oxygen atoms in total. The van der Waals surface area contributed by atoms with E-state index in [-0.39, 0.29) is 18.1 Å². The number of ether oxygens (including phenoxy) is 2.